The summed E-state index contributed by atoms with van der Waals surface area (Å²) in [5.41, 5.74) is 3.43. The molecule has 33 heavy (non-hydrogen) atoms. The molecule has 1 saturated heterocycles. The molecule has 6 nitrogen and oxygen atoms in total. The van der Waals surface area contributed by atoms with Crippen LogP contribution in [0.5, 0.6) is 5.75 Å². The number of nitrogens with one attached hydrogen (secondary N) is 1. The molecule has 1 aromatic heterocycles. The summed E-state index contributed by atoms with van der Waals surface area (Å²) >= 11 is 0. The molecule has 1 aliphatic rings. The molecule has 174 valence electrons. The summed E-state index contributed by atoms with van der Waals surface area (Å²) in [6.45, 7) is 8.40. The van der Waals surface area contributed by atoms with Gasteiger partial charge in [-0.15, -0.1) is 0 Å². The summed E-state index contributed by atoms with van der Waals surface area (Å²) in [5, 5.41) is 3.03. The Balaban J connectivity index is 1.27. The maximum Gasteiger partial charge on any atom is 0.251 e. The summed E-state index contributed by atoms with van der Waals surface area (Å²) in [6.07, 6.45) is 4.92. The topological polar surface area (TPSA) is 67.6 Å². The molecule has 0 aliphatic carbocycles. The number of rotatable bonds is 9. The molecular weight excluding hydrogens is 414 g/mol. The monoisotopic (exact) mass is 447 g/mol. The number of aromatic nitrogens is 1. The number of benzene rings is 2. The standard InChI is InChI=1S/C27H33N3O3/c1-20-7-13-24(14-8-20)32-19-25-21(2)33-27(29-25)23-11-9-22(10-12-23)26(31)28-15-6-18-30-16-4-3-5-17-30/h7-14H,3-6,15-19H2,1-2H3,(H,28,31). The number of piperidine rings is 1. The van der Waals surface area contributed by atoms with Gasteiger partial charge in [-0.05, 0) is 89.1 Å². The van der Waals surface area contributed by atoms with E-state index in [0.717, 1.165) is 35.7 Å². The van der Waals surface area contributed by atoms with Gasteiger partial charge >= 0.3 is 0 Å². The number of carbonyl (C=O) groups is 1. The number of amides is 1. The lowest BCUT2D eigenvalue weighted by Crippen LogP contribution is -2.33. The molecule has 0 unspecified atom stereocenters. The Bertz CT molecular complexity index is 1040. The second-order valence-electron chi connectivity index (χ2n) is 8.71. The molecule has 6 heteroatoms. The van der Waals surface area contributed by atoms with Crippen LogP contribution in [-0.2, 0) is 6.61 Å². The number of aryl methyl sites for hydroxylation is 2. The Labute approximate surface area is 196 Å². The maximum absolute atomic E-state index is 12.5. The highest BCUT2D eigenvalue weighted by molar-refractivity contribution is 5.94. The highest BCUT2D eigenvalue weighted by Crippen LogP contribution is 2.23. The fraction of sp³-hybridized carbons (Fsp3) is 0.407. The van der Waals surface area contributed by atoms with Gasteiger partial charge in [0.05, 0.1) is 0 Å². The molecule has 0 spiro atoms. The fourth-order valence-electron chi connectivity index (χ4n) is 4.03. The predicted molar refractivity (Wildman–Crippen MR) is 129 cm³/mol. The summed E-state index contributed by atoms with van der Waals surface area (Å²) in [4.78, 5) is 19.5. The molecule has 0 bridgehead atoms. The van der Waals surface area contributed by atoms with Gasteiger partial charge in [0.2, 0.25) is 5.89 Å². The van der Waals surface area contributed by atoms with E-state index in [0.29, 0.717) is 24.6 Å². The number of oxazole rings is 1. The Morgan fingerprint density at radius 1 is 1.03 bits per heavy atom. The zero-order valence-corrected chi connectivity index (χ0v) is 19.6. The molecule has 2 heterocycles. The van der Waals surface area contributed by atoms with Crippen molar-refractivity contribution in [3.63, 3.8) is 0 Å². The largest absolute Gasteiger partial charge is 0.487 e. The van der Waals surface area contributed by atoms with Crippen molar-refractivity contribution in [3.8, 4) is 17.2 Å². The van der Waals surface area contributed by atoms with Gasteiger partial charge in [-0.2, -0.15) is 0 Å². The van der Waals surface area contributed by atoms with Crippen molar-refractivity contribution in [3.05, 3.63) is 71.1 Å². The van der Waals surface area contributed by atoms with Crippen molar-refractivity contribution >= 4 is 5.91 Å². The quantitative estimate of drug-likeness (QED) is 0.460. The first-order valence-electron chi connectivity index (χ1n) is 11.9. The number of hydrogen-bond acceptors (Lipinski definition) is 5. The van der Waals surface area contributed by atoms with Crippen LogP contribution < -0.4 is 10.1 Å². The second-order valence-corrected chi connectivity index (χ2v) is 8.71. The highest BCUT2D eigenvalue weighted by Gasteiger charge is 2.14. The van der Waals surface area contributed by atoms with E-state index in [9.17, 15) is 4.79 Å². The first kappa shape index (κ1) is 23.1. The van der Waals surface area contributed by atoms with E-state index in [2.05, 4.69) is 15.2 Å². The molecule has 2 aromatic carbocycles. The molecule has 1 N–H and O–H groups in total. The normalized spacial score (nSPS) is 14.2. The van der Waals surface area contributed by atoms with Gasteiger partial charge in [0.15, 0.2) is 0 Å². The molecule has 1 aliphatic heterocycles. The third kappa shape index (κ3) is 6.45. The average Bonchev–Trinajstić information content (AvgIpc) is 3.22. The molecule has 4 rings (SSSR count). The smallest absolute Gasteiger partial charge is 0.251 e. The van der Waals surface area contributed by atoms with E-state index in [1.54, 1.807) is 0 Å². The summed E-state index contributed by atoms with van der Waals surface area (Å²) in [6, 6.07) is 15.3. The number of carbonyl (C=O) groups excluding carboxylic acids is 1. The second kappa shape index (κ2) is 11.1. The summed E-state index contributed by atoms with van der Waals surface area (Å²) in [5.74, 6) is 2.02. The van der Waals surface area contributed by atoms with Crippen LogP contribution in [0.1, 0.15) is 53.1 Å². The minimum absolute atomic E-state index is 0.0454. The lowest BCUT2D eigenvalue weighted by molar-refractivity contribution is 0.0951. The van der Waals surface area contributed by atoms with Gasteiger partial charge in [0, 0.05) is 17.7 Å². The lowest BCUT2D eigenvalue weighted by Gasteiger charge is -2.26. The number of ether oxygens (including phenoxy) is 1. The zero-order valence-electron chi connectivity index (χ0n) is 19.6. The van der Waals surface area contributed by atoms with E-state index in [1.807, 2.05) is 62.4 Å². The van der Waals surface area contributed by atoms with E-state index in [-0.39, 0.29) is 5.91 Å². The maximum atomic E-state index is 12.5. The van der Waals surface area contributed by atoms with E-state index >= 15 is 0 Å². The number of nitrogens with zero attached hydrogens (tertiary/aromatic N) is 2. The summed E-state index contributed by atoms with van der Waals surface area (Å²) < 4.78 is 11.7. The van der Waals surface area contributed by atoms with Crippen LogP contribution in [0.2, 0.25) is 0 Å². The van der Waals surface area contributed by atoms with Gasteiger partial charge in [0.25, 0.3) is 5.91 Å². The molecule has 0 atom stereocenters. The van der Waals surface area contributed by atoms with Crippen molar-refractivity contribution in [2.45, 2.75) is 46.1 Å². The summed E-state index contributed by atoms with van der Waals surface area (Å²) in [7, 11) is 0. The van der Waals surface area contributed by atoms with Crippen molar-refractivity contribution in [1.82, 2.24) is 15.2 Å². The van der Waals surface area contributed by atoms with Gasteiger partial charge < -0.3 is 19.4 Å². The average molecular weight is 448 g/mol. The van der Waals surface area contributed by atoms with Crippen LogP contribution >= 0.6 is 0 Å². The predicted octanol–water partition coefficient (Wildman–Crippen LogP) is 5.14. The zero-order chi connectivity index (χ0) is 23.0. The van der Waals surface area contributed by atoms with Crippen LogP contribution in [0.3, 0.4) is 0 Å². The van der Waals surface area contributed by atoms with Crippen LogP contribution in [0.4, 0.5) is 0 Å². The van der Waals surface area contributed by atoms with Crippen molar-refractivity contribution < 1.29 is 13.9 Å². The van der Waals surface area contributed by atoms with Gasteiger partial charge in [-0.1, -0.05) is 24.1 Å². The van der Waals surface area contributed by atoms with Crippen molar-refractivity contribution in [2.75, 3.05) is 26.2 Å². The van der Waals surface area contributed by atoms with Gasteiger partial charge in [-0.3, -0.25) is 4.79 Å². The van der Waals surface area contributed by atoms with Crippen LogP contribution in [0, 0.1) is 13.8 Å². The molecule has 1 fully saturated rings. The molecule has 1 amide bonds. The number of likely N-dealkylation sites (tertiary alicyclic amines) is 1. The van der Waals surface area contributed by atoms with Crippen LogP contribution in [-0.4, -0.2) is 42.0 Å². The van der Waals surface area contributed by atoms with Crippen LogP contribution in [0.25, 0.3) is 11.5 Å². The lowest BCUT2D eigenvalue weighted by atomic mass is 10.1. The van der Waals surface area contributed by atoms with E-state index in [1.165, 1.54) is 37.9 Å². The minimum Gasteiger partial charge on any atom is -0.487 e. The van der Waals surface area contributed by atoms with Gasteiger partial charge in [-0.25, -0.2) is 4.98 Å². The van der Waals surface area contributed by atoms with Crippen molar-refractivity contribution in [1.29, 1.82) is 0 Å². The molecule has 0 saturated carbocycles. The Kier molecular flexibility index (Phi) is 7.79. The molecule has 0 radical (unpaired) electrons. The highest BCUT2D eigenvalue weighted by atomic mass is 16.5. The third-order valence-electron chi connectivity index (χ3n) is 6.07. The molecule has 3 aromatic rings. The van der Waals surface area contributed by atoms with E-state index < -0.39 is 0 Å². The first-order chi connectivity index (χ1) is 16.1. The fourth-order valence-corrected chi connectivity index (χ4v) is 4.03. The first-order valence-corrected chi connectivity index (χ1v) is 11.9. The Morgan fingerprint density at radius 2 is 1.76 bits per heavy atom. The third-order valence-corrected chi connectivity index (χ3v) is 6.07. The Hall–Kier alpha value is -3.12. The SMILES string of the molecule is Cc1ccc(OCc2nc(-c3ccc(C(=O)NCCCN4CCCCC4)cc3)oc2C)cc1. The van der Waals surface area contributed by atoms with Crippen molar-refractivity contribution in [2.24, 2.45) is 0 Å². The minimum atomic E-state index is -0.0454. The molecular formula is C27H33N3O3. The van der Waals surface area contributed by atoms with Crippen LogP contribution in [0.15, 0.2) is 52.9 Å². The van der Waals surface area contributed by atoms with E-state index in [4.69, 9.17) is 9.15 Å². The number of hydrogen-bond donors (Lipinski definition) is 1. The Morgan fingerprint density at radius 3 is 2.48 bits per heavy atom. The van der Waals surface area contributed by atoms with Gasteiger partial charge in [0.1, 0.15) is 23.8 Å².